The Morgan fingerprint density at radius 3 is 2.48 bits per heavy atom. The van der Waals surface area contributed by atoms with Crippen molar-refractivity contribution < 1.29 is 13.2 Å². The van der Waals surface area contributed by atoms with Crippen molar-refractivity contribution in [2.24, 2.45) is 7.05 Å². The Bertz CT molecular complexity index is 1180. The number of aromatic nitrogens is 2. The summed E-state index contributed by atoms with van der Waals surface area (Å²) in [5, 5.41) is 5.75. The van der Waals surface area contributed by atoms with Crippen LogP contribution in [0.5, 0.6) is 0 Å². The Hall–Kier alpha value is -1.65. The minimum absolute atomic E-state index is 0.0149. The number of fused-ring (bicyclic) bond motifs is 1. The summed E-state index contributed by atoms with van der Waals surface area (Å²) in [6.07, 6.45) is 0. The summed E-state index contributed by atoms with van der Waals surface area (Å²) in [4.78, 5) is 16.2. The molecule has 0 atom stereocenters. The number of piperazine rings is 1. The van der Waals surface area contributed by atoms with Gasteiger partial charge in [0.05, 0.1) is 15.6 Å². The quantitative estimate of drug-likeness (QED) is 0.585. The number of carbonyl (C=O) groups is 1. The van der Waals surface area contributed by atoms with Crippen molar-refractivity contribution >= 4 is 60.7 Å². The summed E-state index contributed by atoms with van der Waals surface area (Å²) < 4.78 is 29.0. The number of nitrogens with zero attached hydrogens (tertiary/aromatic N) is 4. The Morgan fingerprint density at radius 2 is 1.83 bits per heavy atom. The topological polar surface area (TPSA) is 75.5 Å². The van der Waals surface area contributed by atoms with Gasteiger partial charge in [0, 0.05) is 43.6 Å². The van der Waals surface area contributed by atoms with Crippen LogP contribution in [0.15, 0.2) is 29.2 Å². The van der Waals surface area contributed by atoms with Crippen LogP contribution in [0.3, 0.4) is 0 Å². The summed E-state index contributed by atoms with van der Waals surface area (Å²) in [5.74, 6) is -0.0940. The van der Waals surface area contributed by atoms with Gasteiger partial charge in [-0.2, -0.15) is 9.40 Å². The molecule has 0 saturated carbocycles. The number of rotatable bonds is 3. The number of aryl methyl sites for hydroxylation is 2. The van der Waals surface area contributed by atoms with Gasteiger partial charge in [-0.25, -0.2) is 8.42 Å². The van der Waals surface area contributed by atoms with E-state index in [0.29, 0.717) is 23.0 Å². The van der Waals surface area contributed by atoms with E-state index in [2.05, 4.69) is 5.10 Å². The maximum Gasteiger partial charge on any atom is 0.264 e. The maximum absolute atomic E-state index is 12.9. The lowest BCUT2D eigenvalue weighted by Gasteiger charge is -2.34. The van der Waals surface area contributed by atoms with Crippen molar-refractivity contribution in [1.82, 2.24) is 19.0 Å². The van der Waals surface area contributed by atoms with Crippen molar-refractivity contribution in [1.29, 1.82) is 0 Å². The van der Waals surface area contributed by atoms with E-state index in [-0.39, 0.29) is 28.9 Å². The van der Waals surface area contributed by atoms with Gasteiger partial charge in [-0.1, -0.05) is 23.2 Å². The lowest BCUT2D eigenvalue weighted by molar-refractivity contribution is 0.0703. The molecule has 1 aliphatic rings. The van der Waals surface area contributed by atoms with Gasteiger partial charge in [0.2, 0.25) is 10.0 Å². The molecule has 0 bridgehead atoms. The molecule has 1 aromatic carbocycles. The van der Waals surface area contributed by atoms with Gasteiger partial charge < -0.3 is 4.90 Å². The molecule has 154 valence electrons. The van der Waals surface area contributed by atoms with E-state index in [1.165, 1.54) is 27.8 Å². The number of amides is 1. The SMILES string of the molecule is Cc1nn(C)c2sc(C(=O)N3CCN(S(=O)(=O)c4cc(Cl)ccc4Cl)CC3)cc12. The first-order valence-electron chi connectivity index (χ1n) is 8.86. The predicted octanol–water partition coefficient (Wildman–Crippen LogP) is 3.40. The predicted molar refractivity (Wildman–Crippen MR) is 114 cm³/mol. The van der Waals surface area contributed by atoms with Crippen molar-refractivity contribution in [2.45, 2.75) is 11.8 Å². The fourth-order valence-corrected chi connectivity index (χ4v) is 6.66. The van der Waals surface area contributed by atoms with Crippen LogP contribution in [0.25, 0.3) is 10.2 Å². The van der Waals surface area contributed by atoms with E-state index in [0.717, 1.165) is 15.9 Å². The smallest absolute Gasteiger partial charge is 0.264 e. The van der Waals surface area contributed by atoms with Crippen LogP contribution in [0.1, 0.15) is 15.4 Å². The molecule has 3 aromatic rings. The molecule has 29 heavy (non-hydrogen) atoms. The second-order valence-corrected chi connectivity index (χ2v) is 10.6. The molecule has 1 saturated heterocycles. The lowest BCUT2D eigenvalue weighted by Crippen LogP contribution is -2.50. The third-order valence-corrected chi connectivity index (χ3v) is 8.75. The first-order chi connectivity index (χ1) is 13.7. The highest BCUT2D eigenvalue weighted by Crippen LogP contribution is 2.30. The van der Waals surface area contributed by atoms with Crippen LogP contribution in [0.2, 0.25) is 10.0 Å². The van der Waals surface area contributed by atoms with Gasteiger partial charge in [0.15, 0.2) is 0 Å². The number of thiophene rings is 1. The van der Waals surface area contributed by atoms with E-state index >= 15 is 0 Å². The van der Waals surface area contributed by atoms with E-state index in [1.54, 1.807) is 15.6 Å². The molecular formula is C18H18Cl2N4O3S2. The average molecular weight is 473 g/mol. The molecule has 1 amide bonds. The minimum atomic E-state index is -3.78. The highest BCUT2D eigenvalue weighted by molar-refractivity contribution is 7.89. The molecule has 11 heteroatoms. The third kappa shape index (κ3) is 3.66. The van der Waals surface area contributed by atoms with Crippen LogP contribution in [0.4, 0.5) is 0 Å². The molecule has 0 spiro atoms. The number of halogens is 2. The van der Waals surface area contributed by atoms with Crippen LogP contribution < -0.4 is 0 Å². The number of carbonyl (C=O) groups excluding carboxylic acids is 1. The van der Waals surface area contributed by atoms with Gasteiger partial charge in [-0.05, 0) is 31.2 Å². The lowest BCUT2D eigenvalue weighted by atomic mass is 10.3. The molecule has 4 rings (SSSR count). The molecule has 1 aliphatic heterocycles. The van der Waals surface area contributed by atoms with Crippen LogP contribution in [0, 0.1) is 6.92 Å². The molecule has 7 nitrogen and oxygen atoms in total. The van der Waals surface area contributed by atoms with E-state index in [4.69, 9.17) is 23.2 Å². The number of hydrogen-bond donors (Lipinski definition) is 0. The van der Waals surface area contributed by atoms with Crippen molar-refractivity contribution in [3.8, 4) is 0 Å². The van der Waals surface area contributed by atoms with Crippen molar-refractivity contribution in [3.63, 3.8) is 0 Å². The molecule has 0 unspecified atom stereocenters. The largest absolute Gasteiger partial charge is 0.335 e. The van der Waals surface area contributed by atoms with Crippen LogP contribution in [-0.4, -0.2) is 59.5 Å². The van der Waals surface area contributed by atoms with E-state index in [9.17, 15) is 13.2 Å². The monoisotopic (exact) mass is 472 g/mol. The van der Waals surface area contributed by atoms with E-state index < -0.39 is 10.0 Å². The molecule has 0 radical (unpaired) electrons. The van der Waals surface area contributed by atoms with Crippen LogP contribution in [-0.2, 0) is 17.1 Å². The summed E-state index contributed by atoms with van der Waals surface area (Å²) in [5.41, 5.74) is 0.882. The zero-order valence-corrected chi connectivity index (χ0v) is 18.9. The first kappa shape index (κ1) is 20.6. The second kappa shape index (κ2) is 7.55. The molecule has 0 N–H and O–H groups in total. The standard InChI is InChI=1S/C18H18Cl2N4O3S2/c1-11-13-10-15(28-18(13)22(2)21-11)17(25)23-5-7-24(8-6-23)29(26,27)16-9-12(19)3-4-14(16)20/h3-4,9-10H,5-8H2,1-2H3. The third-order valence-electron chi connectivity index (χ3n) is 4.94. The first-order valence-corrected chi connectivity index (χ1v) is 11.9. The molecular weight excluding hydrogens is 455 g/mol. The van der Waals surface area contributed by atoms with E-state index in [1.807, 2.05) is 20.0 Å². The summed E-state index contributed by atoms with van der Waals surface area (Å²) in [7, 11) is -1.93. The number of benzene rings is 1. The zero-order valence-electron chi connectivity index (χ0n) is 15.7. The molecule has 3 heterocycles. The summed E-state index contributed by atoms with van der Waals surface area (Å²) in [6.45, 7) is 2.92. The normalized spacial score (nSPS) is 15.9. The van der Waals surface area contributed by atoms with Crippen molar-refractivity contribution in [2.75, 3.05) is 26.2 Å². The van der Waals surface area contributed by atoms with Gasteiger partial charge in [0.1, 0.15) is 9.73 Å². The second-order valence-electron chi connectivity index (χ2n) is 6.81. The Balaban J connectivity index is 1.50. The summed E-state index contributed by atoms with van der Waals surface area (Å²) in [6, 6.07) is 6.22. The Kier molecular flexibility index (Phi) is 5.37. The number of sulfonamides is 1. The summed E-state index contributed by atoms with van der Waals surface area (Å²) >= 11 is 13.4. The minimum Gasteiger partial charge on any atom is -0.335 e. The zero-order chi connectivity index (χ0) is 20.9. The van der Waals surface area contributed by atoms with Crippen molar-refractivity contribution in [3.05, 3.63) is 44.9 Å². The highest BCUT2D eigenvalue weighted by Gasteiger charge is 2.32. The molecule has 2 aromatic heterocycles. The van der Waals surface area contributed by atoms with Gasteiger partial charge >= 0.3 is 0 Å². The van der Waals surface area contributed by atoms with Gasteiger partial charge in [-0.3, -0.25) is 9.48 Å². The fraction of sp³-hybridized carbons (Fsp3) is 0.333. The fourth-order valence-electron chi connectivity index (χ4n) is 3.41. The highest BCUT2D eigenvalue weighted by atomic mass is 35.5. The average Bonchev–Trinajstić information content (AvgIpc) is 3.24. The van der Waals surface area contributed by atoms with Crippen LogP contribution >= 0.6 is 34.5 Å². The number of hydrogen-bond acceptors (Lipinski definition) is 5. The Labute approximate surface area is 182 Å². The Morgan fingerprint density at radius 1 is 1.14 bits per heavy atom. The van der Waals surface area contributed by atoms with Gasteiger partial charge in [-0.15, -0.1) is 11.3 Å². The van der Waals surface area contributed by atoms with Gasteiger partial charge in [0.25, 0.3) is 5.91 Å². The molecule has 1 fully saturated rings. The molecule has 0 aliphatic carbocycles. The maximum atomic E-state index is 12.9.